The summed E-state index contributed by atoms with van der Waals surface area (Å²) in [5, 5.41) is 0. The van der Waals surface area contributed by atoms with Gasteiger partial charge in [0.2, 0.25) is 0 Å². The van der Waals surface area contributed by atoms with Crippen LogP contribution in [0.5, 0.6) is 0 Å². The molecule has 3 aliphatic rings. The molecule has 0 aliphatic heterocycles. The first kappa shape index (κ1) is 6.51. The van der Waals surface area contributed by atoms with E-state index in [4.69, 9.17) is 0 Å². The summed E-state index contributed by atoms with van der Waals surface area (Å²) in [4.78, 5) is 0. The molecule has 0 spiro atoms. The summed E-state index contributed by atoms with van der Waals surface area (Å²) in [6, 6.07) is 0. The second-order valence-electron chi connectivity index (χ2n) is 4.94. The monoisotopic (exact) mass is 150 g/mol. The summed E-state index contributed by atoms with van der Waals surface area (Å²) in [6.45, 7) is 2.32. The molecule has 11 heavy (non-hydrogen) atoms. The summed E-state index contributed by atoms with van der Waals surface area (Å²) >= 11 is 0. The van der Waals surface area contributed by atoms with E-state index in [1.807, 2.05) is 0 Å². The predicted molar refractivity (Wildman–Crippen MR) is 46.2 cm³/mol. The third-order valence-electron chi connectivity index (χ3n) is 4.67. The molecule has 2 atom stereocenters. The molecule has 0 amide bonds. The Labute approximate surface area is 69.4 Å². The minimum absolute atomic E-state index is 1.20. The van der Waals surface area contributed by atoms with Gasteiger partial charge in [-0.1, -0.05) is 19.8 Å². The van der Waals surface area contributed by atoms with Gasteiger partial charge in [-0.05, 0) is 48.9 Å². The van der Waals surface area contributed by atoms with Crippen LogP contribution < -0.4 is 0 Å². The number of hydrogen-bond donors (Lipinski definition) is 0. The van der Waals surface area contributed by atoms with Gasteiger partial charge < -0.3 is 0 Å². The predicted octanol–water partition coefficient (Wildman–Crippen LogP) is 3.08. The fraction of sp³-hybridized carbons (Fsp3) is 1.00. The molecular formula is C11H18. The van der Waals surface area contributed by atoms with Crippen LogP contribution in [0, 0.1) is 29.6 Å². The minimum atomic E-state index is 1.20. The van der Waals surface area contributed by atoms with Crippen LogP contribution in [-0.4, -0.2) is 0 Å². The zero-order valence-electron chi connectivity index (χ0n) is 7.42. The van der Waals surface area contributed by atoms with Crippen LogP contribution in [0.1, 0.15) is 39.0 Å². The van der Waals surface area contributed by atoms with E-state index in [0.29, 0.717) is 0 Å². The van der Waals surface area contributed by atoms with Crippen LogP contribution in [0.4, 0.5) is 0 Å². The lowest BCUT2D eigenvalue weighted by molar-refractivity contribution is -0.247. The van der Waals surface area contributed by atoms with Crippen molar-refractivity contribution in [3.8, 4) is 0 Å². The van der Waals surface area contributed by atoms with Gasteiger partial charge in [0.25, 0.3) is 0 Å². The lowest BCUT2D eigenvalue weighted by Crippen LogP contribution is -2.67. The highest BCUT2D eigenvalue weighted by Crippen LogP contribution is 2.73. The van der Waals surface area contributed by atoms with Gasteiger partial charge in [0.05, 0.1) is 0 Å². The largest absolute Gasteiger partial charge is 0.0654 e. The van der Waals surface area contributed by atoms with E-state index in [9.17, 15) is 0 Å². The fourth-order valence-electron chi connectivity index (χ4n) is 4.01. The van der Waals surface area contributed by atoms with Crippen molar-refractivity contribution in [3.63, 3.8) is 0 Å². The zero-order valence-corrected chi connectivity index (χ0v) is 7.42. The Morgan fingerprint density at radius 2 is 1.91 bits per heavy atom. The van der Waals surface area contributed by atoms with Crippen LogP contribution in [0.25, 0.3) is 0 Å². The van der Waals surface area contributed by atoms with E-state index in [0.717, 1.165) is 0 Å². The average Bonchev–Trinajstić information content (AvgIpc) is 2.01. The molecule has 0 bridgehead atoms. The maximum atomic E-state index is 2.32. The van der Waals surface area contributed by atoms with Crippen LogP contribution in [0.3, 0.4) is 0 Å². The van der Waals surface area contributed by atoms with Crippen molar-refractivity contribution < 1.29 is 0 Å². The summed E-state index contributed by atoms with van der Waals surface area (Å²) in [5.41, 5.74) is 0. The van der Waals surface area contributed by atoms with Crippen LogP contribution in [0.15, 0.2) is 0 Å². The van der Waals surface area contributed by atoms with E-state index in [1.165, 1.54) is 42.4 Å². The number of hydrogen-bond acceptors (Lipinski definition) is 0. The Morgan fingerprint density at radius 1 is 1.18 bits per heavy atom. The van der Waals surface area contributed by atoms with Crippen molar-refractivity contribution >= 4 is 0 Å². The number of rotatable bonds is 3. The first-order chi connectivity index (χ1) is 5.42. The van der Waals surface area contributed by atoms with Crippen LogP contribution in [0.2, 0.25) is 0 Å². The summed E-state index contributed by atoms with van der Waals surface area (Å²) in [5.74, 6) is 6.14. The molecule has 3 fully saturated rings. The molecule has 0 radical (unpaired) electrons. The molecule has 2 unspecified atom stereocenters. The molecular weight excluding hydrogens is 132 g/mol. The van der Waals surface area contributed by atoms with Crippen LogP contribution in [-0.2, 0) is 0 Å². The van der Waals surface area contributed by atoms with E-state index in [-0.39, 0.29) is 0 Å². The van der Waals surface area contributed by atoms with Gasteiger partial charge in [0.15, 0.2) is 0 Å². The van der Waals surface area contributed by atoms with Crippen molar-refractivity contribution in [3.05, 3.63) is 0 Å². The maximum Gasteiger partial charge on any atom is -0.0323 e. The van der Waals surface area contributed by atoms with Gasteiger partial charge in [0.1, 0.15) is 0 Å². The Bertz CT molecular complexity index is 159. The van der Waals surface area contributed by atoms with Crippen molar-refractivity contribution in [2.75, 3.05) is 0 Å². The van der Waals surface area contributed by atoms with Gasteiger partial charge >= 0.3 is 0 Å². The Morgan fingerprint density at radius 3 is 2.36 bits per heavy atom. The molecule has 62 valence electrons. The first-order valence-corrected chi connectivity index (χ1v) is 5.42. The standard InChI is InChI=1S/C11H18/c1-2-3-4-8-9-5-7-6-10(8)11(7)9/h7-11H,2-6H2,1H3. The first-order valence-electron chi connectivity index (χ1n) is 5.42. The van der Waals surface area contributed by atoms with Crippen molar-refractivity contribution in [2.45, 2.75) is 39.0 Å². The molecule has 3 saturated carbocycles. The molecule has 0 aromatic carbocycles. The van der Waals surface area contributed by atoms with E-state index >= 15 is 0 Å². The Balaban J connectivity index is 1.56. The van der Waals surface area contributed by atoms with Crippen molar-refractivity contribution in [1.29, 1.82) is 0 Å². The summed E-state index contributed by atoms with van der Waals surface area (Å²) < 4.78 is 0. The fourth-order valence-corrected chi connectivity index (χ4v) is 4.01. The topological polar surface area (TPSA) is 0 Å². The highest BCUT2D eigenvalue weighted by Gasteiger charge is 2.66. The molecule has 0 saturated heterocycles. The van der Waals surface area contributed by atoms with E-state index in [1.54, 1.807) is 19.3 Å². The Hall–Kier alpha value is 0. The molecule has 3 rings (SSSR count). The second kappa shape index (κ2) is 2.02. The normalized spacial score (nSPS) is 57.0. The van der Waals surface area contributed by atoms with Crippen molar-refractivity contribution in [1.82, 2.24) is 0 Å². The second-order valence-corrected chi connectivity index (χ2v) is 4.94. The highest BCUT2D eigenvalue weighted by atomic mass is 14.7. The minimum Gasteiger partial charge on any atom is -0.0654 e. The van der Waals surface area contributed by atoms with Gasteiger partial charge in [0, 0.05) is 0 Å². The highest BCUT2D eigenvalue weighted by molar-refractivity contribution is 5.15. The molecule has 3 aliphatic carbocycles. The third kappa shape index (κ3) is 0.625. The molecule has 0 aromatic heterocycles. The molecule has 0 aromatic rings. The van der Waals surface area contributed by atoms with Crippen molar-refractivity contribution in [2.24, 2.45) is 29.6 Å². The number of unbranched alkanes of at least 4 members (excludes halogenated alkanes) is 1. The van der Waals surface area contributed by atoms with Gasteiger partial charge in [-0.15, -0.1) is 0 Å². The van der Waals surface area contributed by atoms with Gasteiger partial charge in [-0.2, -0.15) is 0 Å². The maximum absolute atomic E-state index is 2.32. The molecule has 0 N–H and O–H groups in total. The molecule has 0 heteroatoms. The quantitative estimate of drug-likeness (QED) is 0.580. The summed E-state index contributed by atoms with van der Waals surface area (Å²) in [7, 11) is 0. The lowest BCUT2D eigenvalue weighted by Gasteiger charge is -2.73. The third-order valence-corrected chi connectivity index (χ3v) is 4.67. The zero-order chi connectivity index (χ0) is 7.42. The summed E-state index contributed by atoms with van der Waals surface area (Å²) in [6.07, 6.45) is 7.71. The van der Waals surface area contributed by atoms with Crippen LogP contribution >= 0.6 is 0 Å². The van der Waals surface area contributed by atoms with E-state index in [2.05, 4.69) is 6.92 Å². The Kier molecular flexibility index (Phi) is 1.20. The lowest BCUT2D eigenvalue weighted by atomic mass is 9.32. The van der Waals surface area contributed by atoms with Gasteiger partial charge in [-0.3, -0.25) is 0 Å². The SMILES string of the molecule is CCCCC1C2CC3CC1C32. The average molecular weight is 150 g/mol. The van der Waals surface area contributed by atoms with E-state index < -0.39 is 0 Å². The molecule has 0 heterocycles. The molecule has 0 nitrogen and oxygen atoms in total. The van der Waals surface area contributed by atoms with Gasteiger partial charge in [-0.25, -0.2) is 0 Å². The smallest absolute Gasteiger partial charge is 0.0323 e.